The van der Waals surface area contributed by atoms with Crippen LogP contribution < -0.4 is 15.4 Å². The van der Waals surface area contributed by atoms with Crippen LogP contribution >= 0.6 is 0 Å². The first kappa shape index (κ1) is 16.0. The van der Waals surface area contributed by atoms with Gasteiger partial charge in [0.1, 0.15) is 5.75 Å². The Morgan fingerprint density at radius 2 is 2.10 bits per heavy atom. The molecule has 110 valence electrons. The first-order chi connectivity index (χ1) is 9.47. The summed E-state index contributed by atoms with van der Waals surface area (Å²) in [5, 5.41) is 14.4. The normalized spacial score (nSPS) is 10.3. The Balaban J connectivity index is 2.44. The SMILES string of the molecule is CC(C)NCCC(=O)Nc1cccc(OCC(=O)O)c1. The van der Waals surface area contributed by atoms with E-state index < -0.39 is 12.6 Å². The van der Waals surface area contributed by atoms with Crippen LogP contribution in [0.1, 0.15) is 20.3 Å². The van der Waals surface area contributed by atoms with Crippen molar-refractivity contribution in [3.8, 4) is 5.75 Å². The smallest absolute Gasteiger partial charge is 0.341 e. The molecule has 0 heterocycles. The minimum Gasteiger partial charge on any atom is -0.482 e. The number of benzene rings is 1. The Bertz CT molecular complexity index is 460. The highest BCUT2D eigenvalue weighted by molar-refractivity contribution is 5.91. The molecule has 1 rings (SSSR count). The van der Waals surface area contributed by atoms with E-state index in [2.05, 4.69) is 10.6 Å². The number of hydrogen-bond donors (Lipinski definition) is 3. The maximum Gasteiger partial charge on any atom is 0.341 e. The largest absolute Gasteiger partial charge is 0.482 e. The number of hydrogen-bond acceptors (Lipinski definition) is 4. The van der Waals surface area contributed by atoms with E-state index in [1.807, 2.05) is 13.8 Å². The van der Waals surface area contributed by atoms with Gasteiger partial charge in [0.05, 0.1) is 0 Å². The van der Waals surface area contributed by atoms with Gasteiger partial charge in [-0.2, -0.15) is 0 Å². The fourth-order valence-electron chi connectivity index (χ4n) is 1.51. The van der Waals surface area contributed by atoms with Crippen LogP contribution in [0.4, 0.5) is 5.69 Å². The Kier molecular flexibility index (Phi) is 6.52. The van der Waals surface area contributed by atoms with E-state index >= 15 is 0 Å². The van der Waals surface area contributed by atoms with Gasteiger partial charge in [0, 0.05) is 30.8 Å². The zero-order chi connectivity index (χ0) is 15.0. The third-order valence-corrected chi connectivity index (χ3v) is 2.38. The molecule has 1 aromatic carbocycles. The highest BCUT2D eigenvalue weighted by Crippen LogP contribution is 2.17. The Hall–Kier alpha value is -2.08. The Morgan fingerprint density at radius 3 is 2.75 bits per heavy atom. The molecule has 0 aliphatic carbocycles. The first-order valence-corrected chi connectivity index (χ1v) is 6.45. The van der Waals surface area contributed by atoms with Gasteiger partial charge >= 0.3 is 5.97 Å². The molecule has 3 N–H and O–H groups in total. The standard InChI is InChI=1S/C14H20N2O4/c1-10(2)15-7-6-13(17)16-11-4-3-5-12(8-11)20-9-14(18)19/h3-5,8,10,15H,6-7,9H2,1-2H3,(H,16,17)(H,18,19). The molecule has 20 heavy (non-hydrogen) atoms. The van der Waals surface area contributed by atoms with E-state index in [4.69, 9.17) is 9.84 Å². The summed E-state index contributed by atoms with van der Waals surface area (Å²) in [7, 11) is 0. The van der Waals surface area contributed by atoms with Crippen LogP contribution in [0.5, 0.6) is 5.75 Å². The molecule has 0 spiro atoms. The maximum absolute atomic E-state index is 11.7. The molecular weight excluding hydrogens is 260 g/mol. The van der Waals surface area contributed by atoms with Crippen LogP contribution in [0.15, 0.2) is 24.3 Å². The van der Waals surface area contributed by atoms with Crippen molar-refractivity contribution in [2.45, 2.75) is 26.3 Å². The number of nitrogens with one attached hydrogen (secondary N) is 2. The number of amides is 1. The summed E-state index contributed by atoms with van der Waals surface area (Å²) in [6.45, 7) is 4.23. The Labute approximate surface area is 118 Å². The molecule has 0 saturated heterocycles. The van der Waals surface area contributed by atoms with Gasteiger partial charge in [0.25, 0.3) is 0 Å². The average molecular weight is 280 g/mol. The molecule has 6 nitrogen and oxygen atoms in total. The summed E-state index contributed by atoms with van der Waals surface area (Å²) >= 11 is 0. The van der Waals surface area contributed by atoms with Crippen LogP contribution in [-0.2, 0) is 9.59 Å². The molecule has 0 aromatic heterocycles. The molecule has 6 heteroatoms. The third kappa shape index (κ3) is 6.75. The number of carboxylic acid groups (broad SMARTS) is 1. The molecule has 0 bridgehead atoms. The zero-order valence-electron chi connectivity index (χ0n) is 11.7. The van der Waals surface area contributed by atoms with Crippen molar-refractivity contribution in [3.05, 3.63) is 24.3 Å². The molecule has 0 radical (unpaired) electrons. The second-order valence-corrected chi connectivity index (χ2v) is 4.62. The van der Waals surface area contributed by atoms with Gasteiger partial charge in [0.2, 0.25) is 5.91 Å². The van der Waals surface area contributed by atoms with Crippen LogP contribution in [0.2, 0.25) is 0 Å². The highest BCUT2D eigenvalue weighted by Gasteiger charge is 2.05. The lowest BCUT2D eigenvalue weighted by atomic mass is 10.3. The fourth-order valence-corrected chi connectivity index (χ4v) is 1.51. The number of ether oxygens (including phenoxy) is 1. The predicted molar refractivity (Wildman–Crippen MR) is 76.0 cm³/mol. The minimum absolute atomic E-state index is 0.103. The summed E-state index contributed by atoms with van der Waals surface area (Å²) in [6.07, 6.45) is 0.373. The predicted octanol–water partition coefficient (Wildman–Crippen LogP) is 1.48. The van der Waals surface area contributed by atoms with Crippen LogP contribution in [0.25, 0.3) is 0 Å². The van der Waals surface area contributed by atoms with Gasteiger partial charge in [-0.3, -0.25) is 4.79 Å². The van der Waals surface area contributed by atoms with E-state index in [0.29, 0.717) is 30.4 Å². The second kappa shape index (κ2) is 8.16. The second-order valence-electron chi connectivity index (χ2n) is 4.62. The number of rotatable bonds is 8. The highest BCUT2D eigenvalue weighted by atomic mass is 16.5. The van der Waals surface area contributed by atoms with Gasteiger partial charge in [-0.1, -0.05) is 19.9 Å². The monoisotopic (exact) mass is 280 g/mol. The summed E-state index contributed by atoms with van der Waals surface area (Å²) in [4.78, 5) is 22.1. The molecule has 0 aliphatic rings. The lowest BCUT2D eigenvalue weighted by molar-refractivity contribution is -0.139. The number of aliphatic carboxylic acids is 1. The molecule has 0 unspecified atom stereocenters. The van der Waals surface area contributed by atoms with Crippen molar-refractivity contribution in [2.75, 3.05) is 18.5 Å². The number of carboxylic acids is 1. The van der Waals surface area contributed by atoms with Crippen molar-refractivity contribution in [1.82, 2.24) is 5.32 Å². The topological polar surface area (TPSA) is 87.7 Å². The van der Waals surface area contributed by atoms with E-state index in [0.717, 1.165) is 0 Å². The lowest BCUT2D eigenvalue weighted by Crippen LogP contribution is -2.27. The molecule has 1 aromatic rings. The maximum atomic E-state index is 11.7. The van der Waals surface area contributed by atoms with Crippen LogP contribution in [0.3, 0.4) is 0 Å². The van der Waals surface area contributed by atoms with Gasteiger partial charge in [-0.05, 0) is 12.1 Å². The molecule has 1 amide bonds. The van der Waals surface area contributed by atoms with Gasteiger partial charge in [-0.25, -0.2) is 4.79 Å². The Morgan fingerprint density at radius 1 is 1.35 bits per heavy atom. The molecule has 0 saturated carbocycles. The lowest BCUT2D eigenvalue weighted by Gasteiger charge is -2.09. The molecule has 0 fully saturated rings. The van der Waals surface area contributed by atoms with Crippen molar-refractivity contribution >= 4 is 17.6 Å². The average Bonchev–Trinajstić information content (AvgIpc) is 2.36. The summed E-state index contributed by atoms with van der Waals surface area (Å²) < 4.78 is 5.04. The number of anilines is 1. The molecular formula is C14H20N2O4. The van der Waals surface area contributed by atoms with E-state index in [1.54, 1.807) is 24.3 Å². The van der Waals surface area contributed by atoms with E-state index in [9.17, 15) is 9.59 Å². The zero-order valence-corrected chi connectivity index (χ0v) is 11.7. The van der Waals surface area contributed by atoms with Crippen LogP contribution in [-0.4, -0.2) is 36.2 Å². The number of carbonyl (C=O) groups is 2. The van der Waals surface area contributed by atoms with E-state index in [-0.39, 0.29) is 5.91 Å². The first-order valence-electron chi connectivity index (χ1n) is 6.45. The summed E-state index contributed by atoms with van der Waals surface area (Å²) in [5.41, 5.74) is 0.586. The summed E-state index contributed by atoms with van der Waals surface area (Å²) in [6, 6.07) is 6.99. The van der Waals surface area contributed by atoms with Crippen molar-refractivity contribution in [2.24, 2.45) is 0 Å². The van der Waals surface area contributed by atoms with Gasteiger partial charge in [0.15, 0.2) is 6.61 Å². The number of carbonyl (C=O) groups excluding carboxylic acids is 1. The van der Waals surface area contributed by atoms with E-state index in [1.165, 1.54) is 0 Å². The van der Waals surface area contributed by atoms with Crippen molar-refractivity contribution < 1.29 is 19.4 Å². The fraction of sp³-hybridized carbons (Fsp3) is 0.429. The van der Waals surface area contributed by atoms with Gasteiger partial charge in [-0.15, -0.1) is 0 Å². The quantitative estimate of drug-likeness (QED) is 0.671. The van der Waals surface area contributed by atoms with Gasteiger partial charge < -0.3 is 20.5 Å². The third-order valence-electron chi connectivity index (χ3n) is 2.38. The van der Waals surface area contributed by atoms with Crippen molar-refractivity contribution in [3.63, 3.8) is 0 Å². The molecule has 0 aliphatic heterocycles. The minimum atomic E-state index is -1.04. The van der Waals surface area contributed by atoms with Crippen molar-refractivity contribution in [1.29, 1.82) is 0 Å². The molecule has 0 atom stereocenters. The van der Waals surface area contributed by atoms with Crippen LogP contribution in [0, 0.1) is 0 Å². The summed E-state index contributed by atoms with van der Waals surface area (Å²) in [5.74, 6) is -0.738.